The van der Waals surface area contributed by atoms with Gasteiger partial charge < -0.3 is 13.9 Å². The van der Waals surface area contributed by atoms with Crippen LogP contribution in [0.4, 0.5) is 0 Å². The van der Waals surface area contributed by atoms with Gasteiger partial charge in [0.25, 0.3) is 8.53 Å². The molecule has 2 bridgehead atoms. The first kappa shape index (κ1) is 19.8. The molecule has 132 valence electrons. The second kappa shape index (κ2) is 8.74. The fourth-order valence-corrected chi connectivity index (χ4v) is 9.13. The minimum atomic E-state index is -1.12. The van der Waals surface area contributed by atoms with Gasteiger partial charge in [-0.2, -0.15) is 0 Å². The van der Waals surface area contributed by atoms with E-state index in [4.69, 9.17) is 15.6 Å². The fourth-order valence-electron chi connectivity index (χ4n) is 3.27. The van der Waals surface area contributed by atoms with Crippen LogP contribution < -0.4 is 0 Å². The van der Waals surface area contributed by atoms with Crippen LogP contribution in [0.25, 0.3) is 4.85 Å². The van der Waals surface area contributed by atoms with E-state index in [1.165, 1.54) is 19.3 Å². The molecule has 1 aliphatic heterocycles. The van der Waals surface area contributed by atoms with Gasteiger partial charge >= 0.3 is 0 Å². The molecule has 0 amide bonds. The molecule has 1 heterocycles. The van der Waals surface area contributed by atoms with E-state index in [-0.39, 0.29) is 10.9 Å². The maximum Gasteiger partial charge on any atom is 0.259 e. The van der Waals surface area contributed by atoms with Crippen molar-refractivity contribution in [2.24, 2.45) is 0 Å². The average Bonchev–Trinajstić information content (AvgIpc) is 2.65. The third kappa shape index (κ3) is 4.77. The largest absolute Gasteiger partial charge is 0.316 e. The summed E-state index contributed by atoms with van der Waals surface area (Å²) >= 11 is 0. The van der Waals surface area contributed by atoms with Crippen molar-refractivity contribution in [3.8, 4) is 0 Å². The van der Waals surface area contributed by atoms with Crippen LogP contribution in [-0.4, -0.2) is 46.0 Å². The fraction of sp³-hybridized carbons (Fsp3) is 0.938. The third-order valence-electron chi connectivity index (χ3n) is 4.32. The molecule has 0 N–H and O–H groups in total. The van der Waals surface area contributed by atoms with Crippen molar-refractivity contribution in [3.63, 3.8) is 0 Å². The Morgan fingerprint density at radius 2 is 2.04 bits per heavy atom. The van der Waals surface area contributed by atoms with Gasteiger partial charge in [0.1, 0.15) is 6.61 Å². The first-order valence-corrected chi connectivity index (χ1v) is 11.8. The lowest BCUT2D eigenvalue weighted by Crippen LogP contribution is -2.44. The Morgan fingerprint density at radius 1 is 1.35 bits per heavy atom. The smallest absolute Gasteiger partial charge is 0.259 e. The molecule has 7 heteroatoms. The number of hydrogen-bond donors (Lipinski definition) is 0. The van der Waals surface area contributed by atoms with E-state index in [1.807, 2.05) is 21.6 Å². The monoisotopic (exact) mass is 376 g/mol. The zero-order valence-corrected chi connectivity index (χ0v) is 17.3. The Morgan fingerprint density at radius 3 is 2.61 bits per heavy atom. The number of nitrogens with zero attached hydrogens (tertiary/aromatic N) is 2. The lowest BCUT2D eigenvalue weighted by atomic mass is 9.87. The molecule has 0 aromatic heterocycles. The molecule has 0 aromatic carbocycles. The van der Waals surface area contributed by atoms with E-state index in [2.05, 4.69) is 44.1 Å². The van der Waals surface area contributed by atoms with Crippen molar-refractivity contribution in [1.29, 1.82) is 0 Å². The summed E-state index contributed by atoms with van der Waals surface area (Å²) in [4.78, 5) is 3.41. The van der Waals surface area contributed by atoms with Crippen LogP contribution in [-0.2, 0) is 9.05 Å². The zero-order valence-electron chi connectivity index (χ0n) is 14.8. The van der Waals surface area contributed by atoms with E-state index in [1.54, 1.807) is 0 Å². The van der Waals surface area contributed by atoms with Gasteiger partial charge in [-0.1, -0.05) is 28.0 Å². The van der Waals surface area contributed by atoms with E-state index in [0.29, 0.717) is 30.5 Å². The molecule has 4 nitrogen and oxygen atoms in total. The maximum absolute atomic E-state index is 6.97. The van der Waals surface area contributed by atoms with Crippen molar-refractivity contribution in [2.45, 2.75) is 82.1 Å². The van der Waals surface area contributed by atoms with Gasteiger partial charge in [0.2, 0.25) is 6.54 Å². The van der Waals surface area contributed by atoms with Gasteiger partial charge in [0, 0.05) is 17.3 Å². The van der Waals surface area contributed by atoms with E-state index >= 15 is 0 Å². The average molecular weight is 377 g/mol. The summed E-state index contributed by atoms with van der Waals surface area (Å²) in [6, 6.07) is 0.729. The highest BCUT2D eigenvalue weighted by atomic mass is 33.1. The van der Waals surface area contributed by atoms with Gasteiger partial charge in [-0.3, -0.25) is 0 Å². The van der Waals surface area contributed by atoms with Crippen LogP contribution in [0.2, 0.25) is 0 Å². The van der Waals surface area contributed by atoms with Crippen LogP contribution in [0.15, 0.2) is 0 Å². The highest BCUT2D eigenvalue weighted by Gasteiger charge is 2.52. The summed E-state index contributed by atoms with van der Waals surface area (Å²) in [6.07, 6.45) is 4.02. The van der Waals surface area contributed by atoms with E-state index in [9.17, 15) is 0 Å². The third-order valence-corrected chi connectivity index (χ3v) is 10.2. The quantitative estimate of drug-likeness (QED) is 0.246. The van der Waals surface area contributed by atoms with Crippen molar-refractivity contribution >= 4 is 30.1 Å². The zero-order chi connectivity index (χ0) is 17.0. The molecule has 23 heavy (non-hydrogen) atoms. The summed E-state index contributed by atoms with van der Waals surface area (Å²) in [5.74, 6) is 0. The molecule has 2 fully saturated rings. The second-order valence-corrected chi connectivity index (χ2v) is 11.4. The molecule has 4 unspecified atom stereocenters. The topological polar surface area (TPSA) is 26.1 Å². The van der Waals surface area contributed by atoms with Crippen LogP contribution in [0.3, 0.4) is 0 Å². The number of rotatable bonds is 8. The Bertz CT molecular complexity index is 421. The van der Waals surface area contributed by atoms with Gasteiger partial charge in [-0.05, 0) is 47.5 Å². The molecule has 1 saturated carbocycles. The molecule has 2 aliphatic rings. The molecule has 1 saturated heterocycles. The van der Waals surface area contributed by atoms with Gasteiger partial charge in [-0.15, -0.1) is 0 Å². The van der Waals surface area contributed by atoms with Crippen LogP contribution in [0.1, 0.15) is 53.9 Å². The molecular formula is C16H29N2O2PS2. The Hall–Kier alpha value is 0.500. The SMILES string of the molecule is [C-]#[N+]CCOP(OC1C2CCCC1(C)SS2)N(C(C)C)C(C)C. The highest BCUT2D eigenvalue weighted by Crippen LogP contribution is 2.62. The predicted molar refractivity (Wildman–Crippen MR) is 103 cm³/mol. The van der Waals surface area contributed by atoms with Crippen LogP contribution in [0.5, 0.6) is 0 Å². The standard InChI is InChI=1S/C16H29N2O2PS2/c1-12(2)18(13(3)4)21(19-11-10-17-6)20-15-14-8-7-9-16(15,5)23-22-14/h12-15H,7-11H2,1-5H3. The first-order valence-electron chi connectivity index (χ1n) is 8.45. The van der Waals surface area contributed by atoms with Crippen molar-refractivity contribution in [1.82, 2.24) is 4.67 Å². The first-order chi connectivity index (χ1) is 10.9. The van der Waals surface area contributed by atoms with Crippen molar-refractivity contribution in [2.75, 3.05) is 13.2 Å². The second-order valence-electron chi connectivity index (χ2n) is 6.97. The Balaban J connectivity index is 2.12. The molecule has 4 atom stereocenters. The maximum atomic E-state index is 6.97. The van der Waals surface area contributed by atoms with E-state index in [0.717, 1.165) is 0 Å². The minimum Gasteiger partial charge on any atom is -0.316 e. The van der Waals surface area contributed by atoms with Gasteiger partial charge in [0.15, 0.2) is 0 Å². The molecule has 2 rings (SSSR count). The summed E-state index contributed by atoms with van der Waals surface area (Å²) in [5.41, 5.74) is 0. The van der Waals surface area contributed by atoms with Gasteiger partial charge in [-0.25, -0.2) is 11.2 Å². The normalized spacial score (nSPS) is 31.8. The molecule has 0 radical (unpaired) electrons. The van der Waals surface area contributed by atoms with Crippen molar-refractivity contribution in [3.05, 3.63) is 11.4 Å². The number of hydrogen-bond acceptors (Lipinski definition) is 5. The number of fused-ring (bicyclic) bond motifs is 2. The molecular weight excluding hydrogens is 347 g/mol. The Labute approximate surface area is 150 Å². The molecule has 0 spiro atoms. The summed E-state index contributed by atoms with van der Waals surface area (Å²) in [6.45, 7) is 18.9. The van der Waals surface area contributed by atoms with E-state index < -0.39 is 8.53 Å². The molecule has 1 aliphatic carbocycles. The summed E-state index contributed by atoms with van der Waals surface area (Å²) < 4.78 is 15.3. The van der Waals surface area contributed by atoms with Gasteiger partial charge in [0.05, 0.1) is 10.9 Å². The highest BCUT2D eigenvalue weighted by molar-refractivity contribution is 8.78. The predicted octanol–water partition coefficient (Wildman–Crippen LogP) is 5.36. The summed E-state index contributed by atoms with van der Waals surface area (Å²) in [7, 11) is 2.88. The Kier molecular flexibility index (Phi) is 7.53. The van der Waals surface area contributed by atoms with Crippen LogP contribution in [0, 0.1) is 6.57 Å². The molecule has 0 aromatic rings. The van der Waals surface area contributed by atoms with Crippen LogP contribution >= 0.6 is 30.1 Å². The lowest BCUT2D eigenvalue weighted by Gasteiger charge is -2.42. The van der Waals surface area contributed by atoms with Crippen molar-refractivity contribution < 1.29 is 9.05 Å². The lowest BCUT2D eigenvalue weighted by molar-refractivity contribution is 0.0947. The summed E-state index contributed by atoms with van der Waals surface area (Å²) in [5, 5.41) is 0.578. The minimum absolute atomic E-state index is 0.205.